The Labute approximate surface area is 272 Å². The molecular weight excluding hydrogens is 613 g/mol. The highest BCUT2D eigenvalue weighted by atomic mass is 19.1. The lowest BCUT2D eigenvalue weighted by molar-refractivity contribution is 0.00588. The molecule has 0 saturated carbocycles. The van der Waals surface area contributed by atoms with E-state index in [1.165, 1.54) is 17.3 Å². The molecule has 5 rings (SSSR count). The molecule has 1 saturated heterocycles. The van der Waals surface area contributed by atoms with Crippen molar-refractivity contribution in [3.8, 4) is 17.0 Å². The SMILES string of the molecule is Cc1c(-c2cc3cc(NC(=O)OC4CCOCC4)ncc3c(NC(=O)OC(C)(C)C)c2F)cnc2c1N(C(=O)OC(C)(C)C)CCO2. The van der Waals surface area contributed by atoms with E-state index < -0.39 is 35.3 Å². The summed E-state index contributed by atoms with van der Waals surface area (Å²) in [4.78, 5) is 48.8. The average molecular weight is 654 g/mol. The Morgan fingerprint density at radius 2 is 1.62 bits per heavy atom. The third-order valence-corrected chi connectivity index (χ3v) is 7.26. The van der Waals surface area contributed by atoms with E-state index in [9.17, 15) is 14.4 Å². The highest BCUT2D eigenvalue weighted by Gasteiger charge is 2.32. The highest BCUT2D eigenvalue weighted by Crippen LogP contribution is 2.42. The maximum Gasteiger partial charge on any atom is 0.415 e. The Kier molecular flexibility index (Phi) is 9.43. The van der Waals surface area contributed by atoms with Gasteiger partial charge in [-0.05, 0) is 71.5 Å². The summed E-state index contributed by atoms with van der Waals surface area (Å²) in [5.74, 6) is -0.425. The second-order valence-corrected chi connectivity index (χ2v) is 13.3. The highest BCUT2D eigenvalue weighted by molar-refractivity contribution is 6.05. The van der Waals surface area contributed by atoms with Gasteiger partial charge in [0.15, 0.2) is 5.82 Å². The lowest BCUT2D eigenvalue weighted by atomic mass is 9.96. The van der Waals surface area contributed by atoms with Crippen LogP contribution in [0.2, 0.25) is 0 Å². The minimum atomic E-state index is -0.873. The first-order chi connectivity index (χ1) is 22.1. The van der Waals surface area contributed by atoms with Gasteiger partial charge < -0.3 is 23.7 Å². The van der Waals surface area contributed by atoms with E-state index in [1.54, 1.807) is 60.6 Å². The van der Waals surface area contributed by atoms with Crippen LogP contribution in [0.3, 0.4) is 0 Å². The van der Waals surface area contributed by atoms with Crippen molar-refractivity contribution in [1.29, 1.82) is 0 Å². The first-order valence-corrected chi connectivity index (χ1v) is 15.4. The number of rotatable bonds is 4. The molecule has 0 bridgehead atoms. The third kappa shape index (κ3) is 7.99. The second kappa shape index (κ2) is 13.2. The number of nitrogens with one attached hydrogen (secondary N) is 2. The summed E-state index contributed by atoms with van der Waals surface area (Å²) in [6.45, 7) is 13.5. The number of hydrogen-bond donors (Lipinski definition) is 2. The molecule has 0 radical (unpaired) electrons. The zero-order chi connectivity index (χ0) is 34.1. The average Bonchev–Trinajstić information content (AvgIpc) is 2.97. The molecule has 47 heavy (non-hydrogen) atoms. The molecule has 0 aliphatic carbocycles. The van der Waals surface area contributed by atoms with Crippen LogP contribution in [-0.2, 0) is 18.9 Å². The van der Waals surface area contributed by atoms with Crippen LogP contribution in [-0.4, -0.2) is 71.9 Å². The molecular formula is C33H40FN5O8. The van der Waals surface area contributed by atoms with Crippen molar-refractivity contribution in [2.24, 2.45) is 0 Å². The molecule has 1 aromatic carbocycles. The van der Waals surface area contributed by atoms with Gasteiger partial charge >= 0.3 is 18.3 Å². The second-order valence-electron chi connectivity index (χ2n) is 13.3. The molecule has 1 fully saturated rings. The van der Waals surface area contributed by atoms with Crippen molar-refractivity contribution < 1.29 is 42.5 Å². The fourth-order valence-corrected chi connectivity index (χ4v) is 5.25. The predicted octanol–water partition coefficient (Wildman–Crippen LogP) is 6.95. The number of aromatic nitrogens is 2. The van der Waals surface area contributed by atoms with Crippen LogP contribution in [0.4, 0.5) is 36.0 Å². The molecule has 2 aliphatic rings. The Hall–Kier alpha value is -4.72. The first kappa shape index (κ1) is 33.6. The van der Waals surface area contributed by atoms with Crippen molar-refractivity contribution in [3.63, 3.8) is 0 Å². The van der Waals surface area contributed by atoms with Gasteiger partial charge in [0.1, 0.15) is 35.4 Å². The van der Waals surface area contributed by atoms with Crippen LogP contribution in [0.15, 0.2) is 24.5 Å². The van der Waals surface area contributed by atoms with Crippen LogP contribution >= 0.6 is 0 Å². The third-order valence-electron chi connectivity index (χ3n) is 7.26. The number of hydrogen-bond acceptors (Lipinski definition) is 10. The van der Waals surface area contributed by atoms with E-state index in [2.05, 4.69) is 20.6 Å². The van der Waals surface area contributed by atoms with Gasteiger partial charge in [0.05, 0.1) is 25.4 Å². The molecule has 13 nitrogen and oxygen atoms in total. The summed E-state index contributed by atoms with van der Waals surface area (Å²) in [5, 5.41) is 5.85. The summed E-state index contributed by atoms with van der Waals surface area (Å²) in [6, 6.07) is 3.10. The Balaban J connectivity index is 1.58. The molecule has 0 atom stereocenters. The summed E-state index contributed by atoms with van der Waals surface area (Å²) >= 11 is 0. The normalized spacial score (nSPS) is 15.4. The largest absolute Gasteiger partial charge is 0.474 e. The van der Waals surface area contributed by atoms with Crippen molar-refractivity contribution >= 4 is 46.2 Å². The van der Waals surface area contributed by atoms with Crippen molar-refractivity contribution in [1.82, 2.24) is 9.97 Å². The standard InChI is InChI=1S/C33H40FN5O8/c1-18-22(16-36-28-27(18)39(10-13-44-28)31(42)47-33(5,6)7)21-14-19-15-24(37-29(40)45-20-8-11-43-12-9-20)35-17-23(19)26(25(21)34)38-30(41)46-32(2,3)4/h14-17,20H,8-13H2,1-7H3,(H,38,41)(H,35,37,40). The lowest BCUT2D eigenvalue weighted by Crippen LogP contribution is -2.42. The number of nitrogens with zero attached hydrogens (tertiary/aromatic N) is 3. The van der Waals surface area contributed by atoms with E-state index in [4.69, 9.17) is 23.7 Å². The van der Waals surface area contributed by atoms with Crippen molar-refractivity contribution in [3.05, 3.63) is 35.9 Å². The first-order valence-electron chi connectivity index (χ1n) is 15.4. The monoisotopic (exact) mass is 653 g/mol. The predicted molar refractivity (Wildman–Crippen MR) is 173 cm³/mol. The molecule has 0 unspecified atom stereocenters. The molecule has 2 aliphatic heterocycles. The van der Waals surface area contributed by atoms with E-state index in [1.807, 2.05) is 0 Å². The molecule has 3 amide bonds. The minimum absolute atomic E-state index is 0.0630. The van der Waals surface area contributed by atoms with Gasteiger partial charge in [0.25, 0.3) is 0 Å². The quantitative estimate of drug-likeness (QED) is 0.283. The fourth-order valence-electron chi connectivity index (χ4n) is 5.25. The zero-order valence-corrected chi connectivity index (χ0v) is 27.6. The van der Waals surface area contributed by atoms with Crippen LogP contribution in [0.5, 0.6) is 5.88 Å². The number of benzene rings is 1. The number of anilines is 3. The van der Waals surface area contributed by atoms with Gasteiger partial charge in [0, 0.05) is 41.7 Å². The minimum Gasteiger partial charge on any atom is -0.474 e. The van der Waals surface area contributed by atoms with Gasteiger partial charge in [-0.15, -0.1) is 0 Å². The Bertz CT molecular complexity index is 1700. The van der Waals surface area contributed by atoms with Crippen LogP contribution in [0.1, 0.15) is 59.9 Å². The van der Waals surface area contributed by atoms with Gasteiger partial charge in [0.2, 0.25) is 5.88 Å². The fraction of sp³-hybridized carbons (Fsp3) is 0.485. The summed E-state index contributed by atoms with van der Waals surface area (Å²) < 4.78 is 44.2. The molecule has 14 heteroatoms. The molecule has 252 valence electrons. The number of fused-ring (bicyclic) bond motifs is 2. The van der Waals surface area contributed by atoms with E-state index in [-0.39, 0.29) is 47.6 Å². The molecule has 2 N–H and O–H groups in total. The topological polar surface area (TPSA) is 150 Å². The molecule has 0 spiro atoms. The summed E-state index contributed by atoms with van der Waals surface area (Å²) in [6.07, 6.45) is 1.53. The van der Waals surface area contributed by atoms with Gasteiger partial charge in [-0.3, -0.25) is 15.5 Å². The number of amides is 3. The maximum atomic E-state index is 16.6. The van der Waals surface area contributed by atoms with Gasteiger partial charge in [-0.25, -0.2) is 28.7 Å². The maximum absolute atomic E-state index is 16.6. The van der Waals surface area contributed by atoms with Crippen LogP contribution in [0.25, 0.3) is 21.9 Å². The van der Waals surface area contributed by atoms with E-state index >= 15 is 4.39 Å². The van der Waals surface area contributed by atoms with E-state index in [0.717, 1.165) is 0 Å². The molecule has 4 heterocycles. The van der Waals surface area contributed by atoms with Crippen LogP contribution in [0, 0.1) is 12.7 Å². The molecule has 2 aromatic heterocycles. The number of halogens is 1. The number of ether oxygens (including phenoxy) is 5. The molecule has 3 aromatic rings. The summed E-state index contributed by atoms with van der Waals surface area (Å²) in [5.41, 5.74) is -0.552. The lowest BCUT2D eigenvalue weighted by Gasteiger charge is -2.32. The number of carbonyl (C=O) groups excluding carboxylic acids is 3. The van der Waals surface area contributed by atoms with E-state index in [0.29, 0.717) is 48.3 Å². The van der Waals surface area contributed by atoms with Crippen molar-refractivity contribution in [2.45, 2.75) is 78.6 Å². The van der Waals surface area contributed by atoms with Gasteiger partial charge in [-0.1, -0.05) is 0 Å². The van der Waals surface area contributed by atoms with Crippen LogP contribution < -0.4 is 20.3 Å². The van der Waals surface area contributed by atoms with Crippen molar-refractivity contribution in [2.75, 3.05) is 41.9 Å². The number of carbonyl (C=O) groups is 3. The Morgan fingerprint density at radius 1 is 0.915 bits per heavy atom. The zero-order valence-electron chi connectivity index (χ0n) is 27.6. The van der Waals surface area contributed by atoms with Gasteiger partial charge in [-0.2, -0.15) is 0 Å². The number of pyridine rings is 2. The Morgan fingerprint density at radius 3 is 2.30 bits per heavy atom. The summed E-state index contributed by atoms with van der Waals surface area (Å²) in [7, 11) is 0. The smallest absolute Gasteiger partial charge is 0.415 e.